The molecule has 3 N–H and O–H groups in total. The third-order valence-electron chi connectivity index (χ3n) is 4.32. The first-order valence-corrected chi connectivity index (χ1v) is 7.18. The van der Waals surface area contributed by atoms with Crippen molar-refractivity contribution in [1.82, 2.24) is 0 Å². The van der Waals surface area contributed by atoms with Crippen molar-refractivity contribution in [2.45, 2.75) is 39.5 Å². The Morgan fingerprint density at radius 1 is 1.29 bits per heavy atom. The van der Waals surface area contributed by atoms with Crippen LogP contribution in [-0.4, -0.2) is 22.1 Å². The lowest BCUT2D eigenvalue weighted by molar-refractivity contribution is -0.124. The molecule has 0 aromatic heterocycles. The van der Waals surface area contributed by atoms with Gasteiger partial charge in [0.2, 0.25) is 5.91 Å². The normalized spacial score (nSPS) is 20.8. The fourth-order valence-electron chi connectivity index (χ4n) is 3.00. The van der Waals surface area contributed by atoms with Gasteiger partial charge in [-0.3, -0.25) is 4.79 Å². The number of aromatic carboxylic acids is 1. The second-order valence-electron chi connectivity index (χ2n) is 6.31. The zero-order chi connectivity index (χ0) is 15.6. The summed E-state index contributed by atoms with van der Waals surface area (Å²) in [5.74, 6) is -1.67. The van der Waals surface area contributed by atoms with Gasteiger partial charge in [0.1, 0.15) is 11.3 Å². The molecule has 0 radical (unpaired) electrons. The Balaban J connectivity index is 2.12. The molecule has 1 unspecified atom stereocenters. The molecular formula is C16H21NO4. The van der Waals surface area contributed by atoms with Gasteiger partial charge in [0, 0.05) is 17.7 Å². The Kier molecular flexibility index (Phi) is 4.21. The largest absolute Gasteiger partial charge is 0.507 e. The van der Waals surface area contributed by atoms with Gasteiger partial charge in [0.25, 0.3) is 0 Å². The van der Waals surface area contributed by atoms with Crippen LogP contribution in [0, 0.1) is 11.3 Å². The molecule has 21 heavy (non-hydrogen) atoms. The number of nitrogens with one attached hydrogen (secondary N) is 1. The summed E-state index contributed by atoms with van der Waals surface area (Å²) in [6, 6.07) is 4.06. The first kappa shape index (κ1) is 15.4. The first-order valence-electron chi connectivity index (χ1n) is 7.18. The molecule has 1 aromatic carbocycles. The summed E-state index contributed by atoms with van der Waals surface area (Å²) in [7, 11) is 0. The maximum atomic E-state index is 12.4. The van der Waals surface area contributed by atoms with Crippen molar-refractivity contribution in [3.05, 3.63) is 23.8 Å². The molecule has 0 aliphatic heterocycles. The third kappa shape index (κ3) is 3.35. The third-order valence-corrected chi connectivity index (χ3v) is 4.32. The van der Waals surface area contributed by atoms with E-state index in [1.165, 1.54) is 18.2 Å². The Hall–Kier alpha value is -2.04. The molecule has 1 atom stereocenters. The smallest absolute Gasteiger partial charge is 0.339 e. The molecule has 2 rings (SSSR count). The number of benzene rings is 1. The minimum atomic E-state index is -1.20. The average Bonchev–Trinajstić information content (AvgIpc) is 2.37. The molecule has 1 saturated carbocycles. The number of carboxylic acid groups (broad SMARTS) is 1. The van der Waals surface area contributed by atoms with E-state index < -0.39 is 5.97 Å². The van der Waals surface area contributed by atoms with E-state index in [0.717, 1.165) is 25.7 Å². The van der Waals surface area contributed by atoms with Crippen LogP contribution in [-0.2, 0) is 4.79 Å². The Morgan fingerprint density at radius 2 is 2.00 bits per heavy atom. The molecule has 0 bridgehead atoms. The summed E-state index contributed by atoms with van der Waals surface area (Å²) in [6.07, 6.45) is 4.07. The van der Waals surface area contributed by atoms with Crippen molar-refractivity contribution in [3.63, 3.8) is 0 Å². The van der Waals surface area contributed by atoms with Crippen molar-refractivity contribution >= 4 is 17.6 Å². The summed E-state index contributed by atoms with van der Waals surface area (Å²) >= 11 is 0. The molecular weight excluding hydrogens is 270 g/mol. The lowest BCUT2D eigenvalue weighted by atomic mass is 9.68. The summed E-state index contributed by atoms with van der Waals surface area (Å²) in [5.41, 5.74) is 0.209. The lowest BCUT2D eigenvalue weighted by Gasteiger charge is -2.37. The second kappa shape index (κ2) is 5.76. The van der Waals surface area contributed by atoms with Gasteiger partial charge in [-0.05, 0) is 30.4 Å². The standard InChI is InChI=1S/C16H21NO4/c1-16(2)8-4-3-5-12(16)14(19)17-10-6-7-11(15(20)21)13(18)9-10/h6-7,9,12,18H,3-5,8H2,1-2H3,(H,17,19)(H,20,21). The topological polar surface area (TPSA) is 86.6 Å². The number of carbonyl (C=O) groups excluding carboxylic acids is 1. The van der Waals surface area contributed by atoms with Gasteiger partial charge in [-0.25, -0.2) is 4.79 Å². The van der Waals surface area contributed by atoms with E-state index in [-0.39, 0.29) is 28.6 Å². The maximum absolute atomic E-state index is 12.4. The van der Waals surface area contributed by atoms with E-state index in [9.17, 15) is 14.7 Å². The quantitative estimate of drug-likeness (QED) is 0.798. The van der Waals surface area contributed by atoms with Crippen LogP contribution in [0.15, 0.2) is 18.2 Å². The average molecular weight is 291 g/mol. The number of aromatic hydroxyl groups is 1. The van der Waals surface area contributed by atoms with E-state index in [1.54, 1.807) is 0 Å². The number of hydrogen-bond acceptors (Lipinski definition) is 3. The molecule has 1 aromatic rings. The highest BCUT2D eigenvalue weighted by atomic mass is 16.4. The fourth-order valence-corrected chi connectivity index (χ4v) is 3.00. The fraction of sp³-hybridized carbons (Fsp3) is 0.500. The van der Waals surface area contributed by atoms with Gasteiger partial charge < -0.3 is 15.5 Å². The predicted octanol–water partition coefficient (Wildman–Crippen LogP) is 3.25. The molecule has 1 amide bonds. The summed E-state index contributed by atoms with van der Waals surface area (Å²) in [4.78, 5) is 23.2. The van der Waals surface area contributed by atoms with Crippen molar-refractivity contribution in [2.24, 2.45) is 11.3 Å². The van der Waals surface area contributed by atoms with Crippen LogP contribution < -0.4 is 5.32 Å². The Bertz CT molecular complexity index is 565. The van der Waals surface area contributed by atoms with Gasteiger partial charge in [-0.1, -0.05) is 26.7 Å². The Labute approximate surface area is 124 Å². The SMILES string of the molecule is CC1(C)CCCCC1C(=O)Nc1ccc(C(=O)O)c(O)c1. The van der Waals surface area contributed by atoms with E-state index in [1.807, 2.05) is 0 Å². The highest BCUT2D eigenvalue weighted by molar-refractivity contribution is 5.95. The monoisotopic (exact) mass is 291 g/mol. The molecule has 0 heterocycles. The number of anilines is 1. The first-order chi connectivity index (χ1) is 9.81. The van der Waals surface area contributed by atoms with Gasteiger partial charge in [-0.15, -0.1) is 0 Å². The molecule has 114 valence electrons. The zero-order valence-electron chi connectivity index (χ0n) is 12.3. The van der Waals surface area contributed by atoms with Crippen molar-refractivity contribution < 1.29 is 19.8 Å². The Morgan fingerprint density at radius 3 is 2.57 bits per heavy atom. The molecule has 0 spiro atoms. The predicted molar refractivity (Wildman–Crippen MR) is 79.4 cm³/mol. The zero-order valence-corrected chi connectivity index (χ0v) is 12.3. The van der Waals surface area contributed by atoms with Crippen LogP contribution in [0.3, 0.4) is 0 Å². The summed E-state index contributed by atoms with van der Waals surface area (Å²) in [5, 5.41) is 21.3. The van der Waals surface area contributed by atoms with Crippen LogP contribution >= 0.6 is 0 Å². The molecule has 1 aliphatic carbocycles. The van der Waals surface area contributed by atoms with E-state index in [4.69, 9.17) is 5.11 Å². The molecule has 0 saturated heterocycles. The van der Waals surface area contributed by atoms with Gasteiger partial charge in [0.05, 0.1) is 0 Å². The van der Waals surface area contributed by atoms with Crippen LogP contribution in [0.1, 0.15) is 49.9 Å². The van der Waals surface area contributed by atoms with E-state index in [0.29, 0.717) is 5.69 Å². The second-order valence-corrected chi connectivity index (χ2v) is 6.31. The van der Waals surface area contributed by atoms with Gasteiger partial charge in [0.15, 0.2) is 0 Å². The minimum absolute atomic E-state index is 0.0363. The number of carboxylic acids is 1. The number of phenols is 1. The molecule has 5 heteroatoms. The molecule has 1 fully saturated rings. The summed E-state index contributed by atoms with van der Waals surface area (Å²) < 4.78 is 0. The highest BCUT2D eigenvalue weighted by Crippen LogP contribution is 2.41. The van der Waals surface area contributed by atoms with Crippen molar-refractivity contribution in [1.29, 1.82) is 0 Å². The molecule has 1 aliphatic rings. The number of rotatable bonds is 3. The van der Waals surface area contributed by atoms with Crippen LogP contribution in [0.25, 0.3) is 0 Å². The number of carbonyl (C=O) groups is 2. The lowest BCUT2D eigenvalue weighted by Crippen LogP contribution is -2.37. The van der Waals surface area contributed by atoms with E-state index in [2.05, 4.69) is 19.2 Å². The maximum Gasteiger partial charge on any atom is 0.339 e. The minimum Gasteiger partial charge on any atom is -0.507 e. The highest BCUT2D eigenvalue weighted by Gasteiger charge is 2.37. The summed E-state index contributed by atoms with van der Waals surface area (Å²) in [6.45, 7) is 4.20. The van der Waals surface area contributed by atoms with Crippen molar-refractivity contribution in [2.75, 3.05) is 5.32 Å². The van der Waals surface area contributed by atoms with Crippen LogP contribution in [0.4, 0.5) is 5.69 Å². The van der Waals surface area contributed by atoms with Crippen LogP contribution in [0.2, 0.25) is 0 Å². The van der Waals surface area contributed by atoms with Crippen LogP contribution in [0.5, 0.6) is 5.75 Å². The van der Waals surface area contributed by atoms with E-state index >= 15 is 0 Å². The molecule has 5 nitrogen and oxygen atoms in total. The number of hydrogen-bond donors (Lipinski definition) is 3. The van der Waals surface area contributed by atoms with Crippen molar-refractivity contribution in [3.8, 4) is 5.75 Å². The van der Waals surface area contributed by atoms with Gasteiger partial charge >= 0.3 is 5.97 Å². The number of amides is 1. The van der Waals surface area contributed by atoms with Gasteiger partial charge in [-0.2, -0.15) is 0 Å².